The molecule has 0 saturated heterocycles. The molecule has 0 saturated carbocycles. The number of hydrogen-bond acceptors (Lipinski definition) is 4. The summed E-state index contributed by atoms with van der Waals surface area (Å²) in [5, 5.41) is 0. The number of hydrazine groups is 1. The molecule has 0 aromatic heterocycles. The predicted molar refractivity (Wildman–Crippen MR) is 83.6 cm³/mol. The highest BCUT2D eigenvalue weighted by Gasteiger charge is 2.12. The van der Waals surface area contributed by atoms with Gasteiger partial charge in [0.15, 0.2) is 11.5 Å². The lowest BCUT2D eigenvalue weighted by Crippen LogP contribution is -2.40. The number of rotatable bonds is 3. The summed E-state index contributed by atoms with van der Waals surface area (Å²) in [6.07, 6.45) is 2.94. The lowest BCUT2D eigenvalue weighted by atomic mass is 10.2. The van der Waals surface area contributed by atoms with Crippen LogP contribution in [0.25, 0.3) is 6.08 Å². The van der Waals surface area contributed by atoms with Crippen LogP contribution in [0.3, 0.4) is 0 Å². The topological polar surface area (TPSA) is 76.7 Å². The van der Waals surface area contributed by atoms with E-state index in [0.717, 1.165) is 5.56 Å². The minimum Gasteiger partial charge on any atom is -0.454 e. The van der Waals surface area contributed by atoms with E-state index in [-0.39, 0.29) is 12.7 Å². The number of benzene rings is 2. The zero-order chi connectivity index (χ0) is 16.1. The molecule has 0 atom stereocenters. The van der Waals surface area contributed by atoms with Gasteiger partial charge in [0, 0.05) is 11.6 Å². The van der Waals surface area contributed by atoms with Crippen LogP contribution in [0, 0.1) is 0 Å². The van der Waals surface area contributed by atoms with E-state index >= 15 is 0 Å². The molecule has 3 rings (SSSR count). The molecule has 0 unspecified atom stereocenters. The first-order valence-electron chi connectivity index (χ1n) is 6.95. The van der Waals surface area contributed by atoms with Crippen molar-refractivity contribution in [2.45, 2.75) is 0 Å². The molecule has 2 aromatic carbocycles. The third-order valence-corrected chi connectivity index (χ3v) is 3.16. The van der Waals surface area contributed by atoms with Gasteiger partial charge < -0.3 is 9.47 Å². The Hall–Kier alpha value is -3.28. The summed E-state index contributed by atoms with van der Waals surface area (Å²) in [6.45, 7) is 0.203. The molecule has 6 heteroatoms. The fourth-order valence-corrected chi connectivity index (χ4v) is 2.01. The Labute approximate surface area is 132 Å². The van der Waals surface area contributed by atoms with Gasteiger partial charge in [0.05, 0.1) is 0 Å². The average Bonchev–Trinajstić information content (AvgIpc) is 3.06. The van der Waals surface area contributed by atoms with Gasteiger partial charge in [0.1, 0.15) is 0 Å². The van der Waals surface area contributed by atoms with E-state index in [1.807, 2.05) is 6.07 Å². The van der Waals surface area contributed by atoms with Crippen LogP contribution in [0.1, 0.15) is 15.9 Å². The van der Waals surface area contributed by atoms with Gasteiger partial charge in [-0.3, -0.25) is 20.4 Å². The van der Waals surface area contributed by atoms with Crippen LogP contribution in [0.2, 0.25) is 0 Å². The number of amides is 2. The largest absolute Gasteiger partial charge is 0.454 e. The maximum absolute atomic E-state index is 11.8. The van der Waals surface area contributed by atoms with Crippen molar-refractivity contribution in [3.8, 4) is 11.5 Å². The third-order valence-electron chi connectivity index (χ3n) is 3.16. The lowest BCUT2D eigenvalue weighted by molar-refractivity contribution is -0.117. The van der Waals surface area contributed by atoms with E-state index in [2.05, 4.69) is 10.9 Å². The summed E-state index contributed by atoms with van der Waals surface area (Å²) >= 11 is 0. The highest BCUT2D eigenvalue weighted by atomic mass is 16.7. The van der Waals surface area contributed by atoms with E-state index in [4.69, 9.17) is 9.47 Å². The summed E-state index contributed by atoms with van der Waals surface area (Å²) in [6, 6.07) is 14.0. The average molecular weight is 310 g/mol. The van der Waals surface area contributed by atoms with Crippen molar-refractivity contribution in [1.29, 1.82) is 0 Å². The van der Waals surface area contributed by atoms with Crippen LogP contribution in [0.4, 0.5) is 0 Å². The Morgan fingerprint density at radius 2 is 1.74 bits per heavy atom. The molecule has 1 aliphatic rings. The molecule has 1 aliphatic heterocycles. The molecule has 2 N–H and O–H groups in total. The fourth-order valence-electron chi connectivity index (χ4n) is 2.01. The second kappa shape index (κ2) is 6.65. The minimum atomic E-state index is -0.438. The Morgan fingerprint density at radius 1 is 0.957 bits per heavy atom. The monoisotopic (exact) mass is 310 g/mol. The molecule has 0 fully saturated rings. The van der Waals surface area contributed by atoms with Crippen LogP contribution in [-0.2, 0) is 4.79 Å². The Bertz CT molecular complexity index is 756. The van der Waals surface area contributed by atoms with Gasteiger partial charge in [-0.05, 0) is 35.9 Å². The zero-order valence-corrected chi connectivity index (χ0v) is 12.1. The molecular formula is C17H14N2O4. The smallest absolute Gasteiger partial charge is 0.269 e. The number of nitrogens with one attached hydrogen (secondary N) is 2. The van der Waals surface area contributed by atoms with E-state index in [9.17, 15) is 9.59 Å². The second-order valence-corrected chi connectivity index (χ2v) is 4.76. The van der Waals surface area contributed by atoms with Crippen molar-refractivity contribution < 1.29 is 19.1 Å². The second-order valence-electron chi connectivity index (χ2n) is 4.76. The maximum Gasteiger partial charge on any atom is 0.269 e. The minimum absolute atomic E-state index is 0.203. The molecule has 0 bridgehead atoms. The van der Waals surface area contributed by atoms with Gasteiger partial charge >= 0.3 is 0 Å². The van der Waals surface area contributed by atoms with E-state index < -0.39 is 5.91 Å². The van der Waals surface area contributed by atoms with Crippen molar-refractivity contribution >= 4 is 17.9 Å². The van der Waals surface area contributed by atoms with E-state index in [1.54, 1.807) is 48.5 Å². The number of carbonyl (C=O) groups is 2. The van der Waals surface area contributed by atoms with Crippen LogP contribution in [0.5, 0.6) is 11.5 Å². The molecule has 23 heavy (non-hydrogen) atoms. The summed E-state index contributed by atoms with van der Waals surface area (Å²) in [5.41, 5.74) is 5.92. The molecule has 116 valence electrons. The summed E-state index contributed by atoms with van der Waals surface area (Å²) < 4.78 is 10.5. The van der Waals surface area contributed by atoms with Crippen LogP contribution in [-0.4, -0.2) is 18.6 Å². The quantitative estimate of drug-likeness (QED) is 0.670. The summed E-state index contributed by atoms with van der Waals surface area (Å²) in [5.74, 6) is 0.508. The summed E-state index contributed by atoms with van der Waals surface area (Å²) in [4.78, 5) is 23.5. The van der Waals surface area contributed by atoms with Gasteiger partial charge in [-0.2, -0.15) is 0 Å². The van der Waals surface area contributed by atoms with E-state index in [0.29, 0.717) is 17.1 Å². The standard InChI is InChI=1S/C17H14N2O4/c20-16(18-19-17(21)13-4-2-1-3-5-13)9-7-12-6-8-14-15(10-12)23-11-22-14/h1-10H,11H2,(H,18,20)(H,19,21)/b9-7+. The van der Waals surface area contributed by atoms with Crippen molar-refractivity contribution in [3.05, 3.63) is 65.7 Å². The number of carbonyl (C=O) groups excluding carboxylic acids is 2. The number of hydrogen-bond donors (Lipinski definition) is 2. The first-order chi connectivity index (χ1) is 11.2. The first-order valence-corrected chi connectivity index (χ1v) is 6.95. The van der Waals surface area contributed by atoms with Gasteiger partial charge in [0.25, 0.3) is 11.8 Å². The highest BCUT2D eigenvalue weighted by Crippen LogP contribution is 2.32. The maximum atomic E-state index is 11.8. The Kier molecular flexibility index (Phi) is 4.24. The molecule has 1 heterocycles. The highest BCUT2D eigenvalue weighted by molar-refractivity contribution is 5.97. The van der Waals surface area contributed by atoms with Crippen molar-refractivity contribution in [1.82, 2.24) is 10.9 Å². The zero-order valence-electron chi connectivity index (χ0n) is 12.1. The van der Waals surface area contributed by atoms with Gasteiger partial charge in [0.2, 0.25) is 6.79 Å². The number of ether oxygens (including phenoxy) is 2. The van der Waals surface area contributed by atoms with Crippen LogP contribution >= 0.6 is 0 Å². The Morgan fingerprint density at radius 3 is 2.57 bits per heavy atom. The molecule has 6 nitrogen and oxygen atoms in total. The Balaban J connectivity index is 1.54. The molecule has 2 aromatic rings. The van der Waals surface area contributed by atoms with Crippen LogP contribution < -0.4 is 20.3 Å². The van der Waals surface area contributed by atoms with Crippen molar-refractivity contribution in [2.75, 3.05) is 6.79 Å². The first kappa shape index (κ1) is 14.6. The molecule has 0 spiro atoms. The molecule has 0 radical (unpaired) electrons. The normalized spacial score (nSPS) is 12.2. The predicted octanol–water partition coefficient (Wildman–Crippen LogP) is 1.89. The number of fused-ring (bicyclic) bond motifs is 1. The van der Waals surface area contributed by atoms with Crippen molar-refractivity contribution in [2.24, 2.45) is 0 Å². The fraction of sp³-hybridized carbons (Fsp3) is 0.0588. The SMILES string of the molecule is O=C(/C=C/c1ccc2c(c1)OCO2)NNC(=O)c1ccccc1. The third kappa shape index (κ3) is 3.68. The van der Waals surface area contributed by atoms with Gasteiger partial charge in [-0.25, -0.2) is 0 Å². The van der Waals surface area contributed by atoms with Crippen LogP contribution in [0.15, 0.2) is 54.6 Å². The van der Waals surface area contributed by atoms with E-state index in [1.165, 1.54) is 6.08 Å². The molecule has 0 aliphatic carbocycles. The molecular weight excluding hydrogens is 296 g/mol. The summed E-state index contributed by atoms with van der Waals surface area (Å²) in [7, 11) is 0. The van der Waals surface area contributed by atoms with Gasteiger partial charge in [-0.15, -0.1) is 0 Å². The van der Waals surface area contributed by atoms with Gasteiger partial charge in [-0.1, -0.05) is 24.3 Å². The lowest BCUT2D eigenvalue weighted by Gasteiger charge is -2.04. The van der Waals surface area contributed by atoms with Crippen molar-refractivity contribution in [3.63, 3.8) is 0 Å². The molecule has 2 amide bonds.